The van der Waals surface area contributed by atoms with Crippen LogP contribution in [0, 0.1) is 5.92 Å². The van der Waals surface area contributed by atoms with E-state index in [0.29, 0.717) is 13.1 Å². The third kappa shape index (κ3) is 4.68. The van der Waals surface area contributed by atoms with Crippen LogP contribution in [0.1, 0.15) is 44.1 Å². The van der Waals surface area contributed by atoms with E-state index in [9.17, 15) is 8.42 Å². The number of sulfonamides is 1. The fraction of sp³-hybridized carbons (Fsp3) is 0.600. The molecule has 0 atom stereocenters. The molecule has 2 rings (SSSR count). The van der Waals surface area contributed by atoms with Crippen LogP contribution in [0.25, 0.3) is 0 Å². The van der Waals surface area contributed by atoms with Gasteiger partial charge in [-0.3, -0.25) is 0 Å². The second-order valence-electron chi connectivity index (χ2n) is 5.66. The predicted octanol–water partition coefficient (Wildman–Crippen LogP) is 3.05. The van der Waals surface area contributed by atoms with Gasteiger partial charge in [0.05, 0.1) is 5.02 Å². The lowest BCUT2D eigenvalue weighted by atomic mass is 10.0. The maximum absolute atomic E-state index is 12.3. The lowest BCUT2D eigenvalue weighted by Crippen LogP contribution is -2.25. The molecule has 21 heavy (non-hydrogen) atoms. The van der Waals surface area contributed by atoms with Crippen molar-refractivity contribution in [3.05, 3.63) is 28.8 Å². The molecule has 0 bridgehead atoms. The summed E-state index contributed by atoms with van der Waals surface area (Å²) in [7, 11) is -3.56. The van der Waals surface area contributed by atoms with E-state index in [-0.39, 0.29) is 9.92 Å². The first-order chi connectivity index (χ1) is 10.0. The second kappa shape index (κ2) is 7.58. The molecule has 118 valence electrons. The Labute approximate surface area is 132 Å². The number of halogens is 1. The molecule has 0 amide bonds. The van der Waals surface area contributed by atoms with E-state index in [1.807, 2.05) is 0 Å². The van der Waals surface area contributed by atoms with Crippen LogP contribution < -0.4 is 10.5 Å². The number of hydrogen-bond donors (Lipinski definition) is 2. The number of nitrogens with one attached hydrogen (secondary N) is 1. The summed E-state index contributed by atoms with van der Waals surface area (Å²) in [6.45, 7) is 0.753. The Balaban J connectivity index is 1.91. The second-order valence-corrected chi connectivity index (χ2v) is 7.80. The van der Waals surface area contributed by atoms with Crippen molar-refractivity contribution < 1.29 is 8.42 Å². The maximum Gasteiger partial charge on any atom is 0.242 e. The summed E-state index contributed by atoms with van der Waals surface area (Å²) in [5, 5.41) is 0.232. The van der Waals surface area contributed by atoms with Gasteiger partial charge in [0.15, 0.2) is 0 Å². The van der Waals surface area contributed by atoms with Crippen LogP contribution in [-0.2, 0) is 16.6 Å². The summed E-state index contributed by atoms with van der Waals surface area (Å²) < 4.78 is 27.2. The Bertz CT molecular complexity index is 569. The SMILES string of the molecule is NCc1ccc(Cl)c(S(=O)(=O)NCCCC2CCCC2)c1. The van der Waals surface area contributed by atoms with Crippen LogP contribution in [0.15, 0.2) is 23.1 Å². The summed E-state index contributed by atoms with van der Waals surface area (Å²) in [6.07, 6.45) is 7.18. The van der Waals surface area contributed by atoms with Crippen LogP contribution in [-0.4, -0.2) is 15.0 Å². The molecule has 0 aliphatic heterocycles. The summed E-state index contributed by atoms with van der Waals surface area (Å²) in [5.74, 6) is 0.777. The molecule has 1 aliphatic carbocycles. The molecule has 4 nitrogen and oxygen atoms in total. The van der Waals surface area contributed by atoms with Crippen molar-refractivity contribution in [1.29, 1.82) is 0 Å². The molecule has 1 aliphatic rings. The minimum atomic E-state index is -3.56. The lowest BCUT2D eigenvalue weighted by Gasteiger charge is -2.11. The van der Waals surface area contributed by atoms with Crippen LogP contribution >= 0.6 is 11.6 Å². The van der Waals surface area contributed by atoms with Gasteiger partial charge in [0.1, 0.15) is 4.90 Å². The van der Waals surface area contributed by atoms with Gasteiger partial charge in [-0.05, 0) is 36.5 Å². The molecule has 0 unspecified atom stereocenters. The Morgan fingerprint density at radius 2 is 2.00 bits per heavy atom. The number of hydrogen-bond acceptors (Lipinski definition) is 3. The van der Waals surface area contributed by atoms with Crippen molar-refractivity contribution in [3.63, 3.8) is 0 Å². The fourth-order valence-electron chi connectivity index (χ4n) is 2.85. The van der Waals surface area contributed by atoms with Gasteiger partial charge in [-0.25, -0.2) is 13.1 Å². The van der Waals surface area contributed by atoms with Gasteiger partial charge in [-0.15, -0.1) is 0 Å². The van der Waals surface area contributed by atoms with Crippen molar-refractivity contribution >= 4 is 21.6 Å². The van der Waals surface area contributed by atoms with Crippen LogP contribution in [0.5, 0.6) is 0 Å². The van der Waals surface area contributed by atoms with Crippen LogP contribution in [0.2, 0.25) is 5.02 Å². The van der Waals surface area contributed by atoms with Gasteiger partial charge in [0.25, 0.3) is 0 Å². The molecule has 3 N–H and O–H groups in total. The lowest BCUT2D eigenvalue weighted by molar-refractivity contribution is 0.480. The van der Waals surface area contributed by atoms with Crippen molar-refractivity contribution in [1.82, 2.24) is 4.72 Å². The Morgan fingerprint density at radius 1 is 1.29 bits per heavy atom. The van der Waals surface area contributed by atoms with E-state index >= 15 is 0 Å². The average Bonchev–Trinajstić information content (AvgIpc) is 2.97. The molecule has 0 heterocycles. The number of benzene rings is 1. The third-order valence-corrected chi connectivity index (χ3v) is 6.02. The van der Waals surface area contributed by atoms with Gasteiger partial charge >= 0.3 is 0 Å². The predicted molar refractivity (Wildman–Crippen MR) is 85.7 cm³/mol. The molecule has 1 aromatic carbocycles. The van der Waals surface area contributed by atoms with E-state index in [1.165, 1.54) is 25.7 Å². The first kappa shape index (κ1) is 16.7. The highest BCUT2D eigenvalue weighted by molar-refractivity contribution is 7.89. The summed E-state index contributed by atoms with van der Waals surface area (Å²) in [6, 6.07) is 4.86. The van der Waals surface area contributed by atoms with Gasteiger partial charge < -0.3 is 5.73 Å². The highest BCUT2D eigenvalue weighted by Crippen LogP contribution is 2.28. The highest BCUT2D eigenvalue weighted by Gasteiger charge is 2.19. The molecule has 0 saturated heterocycles. The average molecular weight is 331 g/mol. The summed E-state index contributed by atoms with van der Waals surface area (Å²) in [4.78, 5) is 0.119. The van der Waals surface area contributed by atoms with Crippen molar-refractivity contribution in [2.75, 3.05) is 6.54 Å². The molecule has 1 aromatic rings. The normalized spacial score (nSPS) is 16.5. The largest absolute Gasteiger partial charge is 0.326 e. The monoisotopic (exact) mass is 330 g/mol. The molecule has 1 saturated carbocycles. The molecule has 6 heteroatoms. The Morgan fingerprint density at radius 3 is 2.67 bits per heavy atom. The number of rotatable bonds is 7. The first-order valence-corrected chi connectivity index (χ1v) is 9.37. The summed E-state index contributed by atoms with van der Waals surface area (Å²) >= 11 is 5.99. The molecule has 0 spiro atoms. The van der Waals surface area contributed by atoms with Crippen molar-refractivity contribution in [2.24, 2.45) is 11.7 Å². The zero-order valence-electron chi connectivity index (χ0n) is 12.1. The molecular formula is C15H23ClN2O2S. The maximum atomic E-state index is 12.3. The van der Waals surface area contributed by atoms with Gasteiger partial charge in [0, 0.05) is 13.1 Å². The molecule has 0 aromatic heterocycles. The van der Waals surface area contributed by atoms with E-state index in [2.05, 4.69) is 4.72 Å². The zero-order valence-corrected chi connectivity index (χ0v) is 13.7. The summed E-state index contributed by atoms with van der Waals surface area (Å²) in [5.41, 5.74) is 6.30. The van der Waals surface area contributed by atoms with Crippen molar-refractivity contribution in [3.8, 4) is 0 Å². The van der Waals surface area contributed by atoms with E-state index in [0.717, 1.165) is 24.3 Å². The Hall–Kier alpha value is -0.620. The first-order valence-electron chi connectivity index (χ1n) is 7.51. The quantitative estimate of drug-likeness (QED) is 0.755. The van der Waals surface area contributed by atoms with Crippen LogP contribution in [0.3, 0.4) is 0 Å². The highest BCUT2D eigenvalue weighted by atomic mass is 35.5. The third-order valence-electron chi connectivity index (χ3n) is 4.08. The van der Waals surface area contributed by atoms with Gasteiger partial charge in [-0.2, -0.15) is 0 Å². The number of nitrogens with two attached hydrogens (primary N) is 1. The fourth-order valence-corrected chi connectivity index (χ4v) is 4.48. The topological polar surface area (TPSA) is 72.2 Å². The molecule has 1 fully saturated rings. The minimum Gasteiger partial charge on any atom is -0.326 e. The molecule has 0 radical (unpaired) electrons. The van der Waals surface area contributed by atoms with Gasteiger partial charge in [-0.1, -0.05) is 43.4 Å². The van der Waals surface area contributed by atoms with E-state index < -0.39 is 10.0 Å². The standard InChI is InChI=1S/C15H23ClN2O2S/c16-14-8-7-13(11-17)10-15(14)21(19,20)18-9-3-6-12-4-1-2-5-12/h7-8,10,12,18H,1-6,9,11,17H2. The van der Waals surface area contributed by atoms with Crippen LogP contribution in [0.4, 0.5) is 0 Å². The smallest absolute Gasteiger partial charge is 0.242 e. The Kier molecular flexibility index (Phi) is 6.05. The van der Waals surface area contributed by atoms with Crippen molar-refractivity contribution in [2.45, 2.75) is 50.0 Å². The zero-order chi connectivity index (χ0) is 15.3. The van der Waals surface area contributed by atoms with E-state index in [1.54, 1.807) is 18.2 Å². The van der Waals surface area contributed by atoms with E-state index in [4.69, 9.17) is 17.3 Å². The molecular weight excluding hydrogens is 308 g/mol. The van der Waals surface area contributed by atoms with Gasteiger partial charge in [0.2, 0.25) is 10.0 Å². The minimum absolute atomic E-state index is 0.119.